The highest BCUT2D eigenvalue weighted by Gasteiger charge is 2.39. The maximum absolute atomic E-state index is 12.7. The molecule has 2 atom stereocenters. The van der Waals surface area contributed by atoms with Gasteiger partial charge in [0.05, 0.1) is 6.04 Å². The van der Waals surface area contributed by atoms with Gasteiger partial charge in [-0.1, -0.05) is 37.3 Å². The van der Waals surface area contributed by atoms with Crippen LogP contribution in [0.4, 0.5) is 10.5 Å². The van der Waals surface area contributed by atoms with Gasteiger partial charge in [-0.15, -0.1) is 0 Å². The number of nitrogens with zero attached hydrogens (tertiary/aromatic N) is 4. The summed E-state index contributed by atoms with van der Waals surface area (Å²) in [6, 6.07) is 17.8. The fraction of sp³-hybridized carbons (Fsp3) is 0.250. The lowest BCUT2D eigenvalue weighted by Gasteiger charge is -2.46. The summed E-state index contributed by atoms with van der Waals surface area (Å²) in [5, 5.41) is 7.27. The van der Waals surface area contributed by atoms with E-state index < -0.39 is 0 Å². The van der Waals surface area contributed by atoms with Gasteiger partial charge in [-0.25, -0.2) is 9.78 Å². The molecule has 1 N–H and O–H groups in total. The first-order valence-electron chi connectivity index (χ1n) is 8.70. The molecule has 6 nitrogen and oxygen atoms in total. The smallest absolute Gasteiger partial charge is 0.317 e. The lowest BCUT2D eigenvalue weighted by atomic mass is 9.85. The molecule has 2 aromatic carbocycles. The van der Waals surface area contributed by atoms with Crippen molar-refractivity contribution in [3.8, 4) is 11.4 Å². The topological polar surface area (TPSA) is 63.1 Å². The third-order valence-corrected chi connectivity index (χ3v) is 4.76. The normalized spacial score (nSPS) is 19.1. The molecule has 0 radical (unpaired) electrons. The van der Waals surface area contributed by atoms with E-state index >= 15 is 0 Å². The number of nitrogens with one attached hydrogen (secondary N) is 1. The molecule has 2 amide bonds. The number of rotatable bonds is 3. The second-order valence-electron chi connectivity index (χ2n) is 6.73. The highest BCUT2D eigenvalue weighted by molar-refractivity contribution is 5.90. The van der Waals surface area contributed by atoms with Gasteiger partial charge in [-0.2, -0.15) is 5.10 Å². The summed E-state index contributed by atoms with van der Waals surface area (Å²) < 4.78 is 1.67. The van der Waals surface area contributed by atoms with Crippen LogP contribution in [0.1, 0.15) is 18.5 Å². The maximum Gasteiger partial charge on any atom is 0.322 e. The minimum absolute atomic E-state index is 0.0688. The number of urea groups is 1. The predicted molar refractivity (Wildman–Crippen MR) is 101 cm³/mol. The Morgan fingerprint density at radius 2 is 1.85 bits per heavy atom. The van der Waals surface area contributed by atoms with E-state index in [1.54, 1.807) is 11.0 Å². The van der Waals surface area contributed by atoms with Crippen molar-refractivity contribution in [3.05, 3.63) is 66.5 Å². The molecule has 1 fully saturated rings. The number of hydrogen-bond acceptors (Lipinski definition) is 3. The Labute approximate surface area is 152 Å². The number of carbonyl (C=O) groups is 1. The van der Waals surface area contributed by atoms with Gasteiger partial charge in [0, 0.05) is 24.8 Å². The van der Waals surface area contributed by atoms with Gasteiger partial charge in [-0.3, -0.25) is 4.68 Å². The number of benzene rings is 2. The molecule has 0 unspecified atom stereocenters. The fourth-order valence-electron chi connectivity index (χ4n) is 3.43. The summed E-state index contributed by atoms with van der Waals surface area (Å²) in [5.74, 6) is 1.13. The monoisotopic (exact) mass is 347 g/mol. The molecule has 1 aromatic heterocycles. The Bertz CT molecular complexity index is 903. The quantitative estimate of drug-likeness (QED) is 0.786. The van der Waals surface area contributed by atoms with Crippen molar-refractivity contribution in [2.24, 2.45) is 13.0 Å². The molecule has 6 heteroatoms. The van der Waals surface area contributed by atoms with Crippen molar-refractivity contribution in [1.29, 1.82) is 0 Å². The fourth-order valence-corrected chi connectivity index (χ4v) is 3.43. The number of aromatic nitrogens is 3. The van der Waals surface area contributed by atoms with Crippen molar-refractivity contribution in [2.75, 3.05) is 11.9 Å². The minimum Gasteiger partial charge on any atom is -0.317 e. The highest BCUT2D eigenvalue weighted by atomic mass is 16.2. The predicted octanol–water partition coefficient (Wildman–Crippen LogP) is 3.71. The Balaban J connectivity index is 1.45. The molecule has 0 saturated carbocycles. The van der Waals surface area contributed by atoms with Crippen LogP contribution < -0.4 is 5.32 Å². The molecule has 132 valence electrons. The van der Waals surface area contributed by atoms with Crippen molar-refractivity contribution >= 4 is 11.7 Å². The van der Waals surface area contributed by atoms with Crippen LogP contribution in [0.5, 0.6) is 0 Å². The molecule has 1 aliphatic heterocycles. The molecule has 1 saturated heterocycles. The molecule has 0 bridgehead atoms. The van der Waals surface area contributed by atoms with Crippen LogP contribution in [0.2, 0.25) is 0 Å². The standard InChI is InChI=1S/C20H21N5O/c1-14-12-25(18(14)15-6-4-3-5-7-15)20(26)22-17-10-8-16(9-11-17)19-21-13-24(2)23-19/h3-11,13-14,18H,12H2,1-2H3,(H,22,26)/t14-,18+/m1/s1. The number of likely N-dealkylation sites (tertiary alicyclic amines) is 1. The van der Waals surface area contributed by atoms with E-state index in [1.807, 2.05) is 54.4 Å². The second-order valence-corrected chi connectivity index (χ2v) is 6.73. The van der Waals surface area contributed by atoms with Gasteiger partial charge in [0.1, 0.15) is 6.33 Å². The SMILES string of the molecule is C[C@@H]1CN(C(=O)Nc2ccc(-c3ncn(C)n3)cc2)[C@@H]1c1ccccc1. The van der Waals surface area contributed by atoms with E-state index in [1.165, 1.54) is 5.56 Å². The van der Waals surface area contributed by atoms with Crippen molar-refractivity contribution in [3.63, 3.8) is 0 Å². The third-order valence-electron chi connectivity index (χ3n) is 4.76. The summed E-state index contributed by atoms with van der Waals surface area (Å²) >= 11 is 0. The maximum atomic E-state index is 12.7. The third kappa shape index (κ3) is 3.06. The number of amides is 2. The Morgan fingerprint density at radius 1 is 1.12 bits per heavy atom. The van der Waals surface area contributed by atoms with Gasteiger partial charge < -0.3 is 10.2 Å². The molecule has 1 aliphatic rings. The molecule has 2 heterocycles. The molecular weight excluding hydrogens is 326 g/mol. The number of hydrogen-bond donors (Lipinski definition) is 1. The first-order valence-corrected chi connectivity index (χ1v) is 8.70. The minimum atomic E-state index is -0.0688. The molecule has 0 spiro atoms. The first kappa shape index (κ1) is 16.3. The lowest BCUT2D eigenvalue weighted by molar-refractivity contribution is 0.0671. The van der Waals surface area contributed by atoms with Crippen LogP contribution >= 0.6 is 0 Å². The van der Waals surface area contributed by atoms with Gasteiger partial charge in [0.15, 0.2) is 5.82 Å². The second kappa shape index (κ2) is 6.63. The van der Waals surface area contributed by atoms with Crippen molar-refractivity contribution in [1.82, 2.24) is 19.7 Å². The van der Waals surface area contributed by atoms with Crippen LogP contribution in [0.25, 0.3) is 11.4 Å². The van der Waals surface area contributed by atoms with Gasteiger partial charge in [0.25, 0.3) is 0 Å². The summed E-state index contributed by atoms with van der Waals surface area (Å²) in [7, 11) is 1.84. The highest BCUT2D eigenvalue weighted by Crippen LogP contribution is 2.38. The van der Waals surface area contributed by atoms with E-state index in [-0.39, 0.29) is 12.1 Å². The summed E-state index contributed by atoms with van der Waals surface area (Å²) in [4.78, 5) is 18.8. The van der Waals surface area contributed by atoms with Gasteiger partial charge >= 0.3 is 6.03 Å². The molecule has 4 rings (SSSR count). The lowest BCUT2D eigenvalue weighted by Crippen LogP contribution is -2.53. The molecule has 0 aliphatic carbocycles. The first-order chi connectivity index (χ1) is 12.6. The Hall–Kier alpha value is -3.15. The van der Waals surface area contributed by atoms with Gasteiger partial charge in [0.2, 0.25) is 0 Å². The summed E-state index contributed by atoms with van der Waals surface area (Å²) in [5.41, 5.74) is 2.86. The zero-order valence-electron chi connectivity index (χ0n) is 14.8. The number of aryl methyl sites for hydroxylation is 1. The van der Waals surface area contributed by atoms with E-state index in [2.05, 4.69) is 34.5 Å². The average Bonchev–Trinajstić information content (AvgIpc) is 3.07. The van der Waals surface area contributed by atoms with E-state index in [0.29, 0.717) is 11.7 Å². The molecule has 26 heavy (non-hydrogen) atoms. The summed E-state index contributed by atoms with van der Waals surface area (Å²) in [6.45, 7) is 2.94. The van der Waals surface area contributed by atoms with Crippen molar-refractivity contribution in [2.45, 2.75) is 13.0 Å². The van der Waals surface area contributed by atoms with Gasteiger partial charge in [-0.05, 0) is 35.7 Å². The zero-order chi connectivity index (χ0) is 18.1. The van der Waals surface area contributed by atoms with Crippen molar-refractivity contribution < 1.29 is 4.79 Å². The molecular formula is C20H21N5O. The number of carbonyl (C=O) groups excluding carboxylic acids is 1. The van der Waals surface area contributed by atoms with Crippen LogP contribution in [-0.4, -0.2) is 32.2 Å². The largest absolute Gasteiger partial charge is 0.322 e. The van der Waals surface area contributed by atoms with E-state index in [4.69, 9.17) is 0 Å². The Morgan fingerprint density at radius 3 is 2.46 bits per heavy atom. The van der Waals surface area contributed by atoms with Crippen LogP contribution in [-0.2, 0) is 7.05 Å². The summed E-state index contributed by atoms with van der Waals surface area (Å²) in [6.07, 6.45) is 1.67. The number of anilines is 1. The Kier molecular flexibility index (Phi) is 4.16. The average molecular weight is 347 g/mol. The zero-order valence-corrected chi connectivity index (χ0v) is 14.8. The van der Waals surface area contributed by atoms with E-state index in [9.17, 15) is 4.79 Å². The van der Waals surface area contributed by atoms with Crippen LogP contribution in [0.3, 0.4) is 0 Å². The van der Waals surface area contributed by atoms with Crippen LogP contribution in [0, 0.1) is 5.92 Å². The van der Waals surface area contributed by atoms with E-state index in [0.717, 1.165) is 17.8 Å². The van der Waals surface area contributed by atoms with Crippen LogP contribution in [0.15, 0.2) is 60.9 Å². The molecule has 3 aromatic rings.